The summed E-state index contributed by atoms with van der Waals surface area (Å²) in [5, 5.41) is 3.39. The van der Waals surface area contributed by atoms with Crippen molar-refractivity contribution >= 4 is 0 Å². The van der Waals surface area contributed by atoms with Gasteiger partial charge >= 0.3 is 0 Å². The molecule has 0 aliphatic heterocycles. The van der Waals surface area contributed by atoms with Crippen LogP contribution in [0.1, 0.15) is 38.2 Å². The van der Waals surface area contributed by atoms with Gasteiger partial charge in [-0.1, -0.05) is 19.1 Å². The van der Waals surface area contributed by atoms with Crippen molar-refractivity contribution < 1.29 is 9.47 Å². The molecule has 1 aromatic carbocycles. The maximum absolute atomic E-state index is 6.28. The summed E-state index contributed by atoms with van der Waals surface area (Å²) in [4.78, 5) is 0. The molecule has 1 aromatic rings. The van der Waals surface area contributed by atoms with Crippen molar-refractivity contribution in [3.63, 3.8) is 0 Å². The molecule has 106 valence electrons. The summed E-state index contributed by atoms with van der Waals surface area (Å²) < 4.78 is 11.4. The zero-order valence-corrected chi connectivity index (χ0v) is 12.1. The van der Waals surface area contributed by atoms with Crippen LogP contribution in [-0.4, -0.2) is 25.8 Å². The Morgan fingerprint density at radius 3 is 2.79 bits per heavy atom. The van der Waals surface area contributed by atoms with Gasteiger partial charge < -0.3 is 14.8 Å². The Hall–Kier alpha value is -1.06. The van der Waals surface area contributed by atoms with Crippen LogP contribution in [0.3, 0.4) is 0 Å². The van der Waals surface area contributed by atoms with E-state index in [1.165, 1.54) is 24.8 Å². The number of benzene rings is 1. The molecule has 2 rings (SSSR count). The van der Waals surface area contributed by atoms with Crippen molar-refractivity contribution in [3.05, 3.63) is 29.8 Å². The van der Waals surface area contributed by atoms with Crippen LogP contribution >= 0.6 is 0 Å². The van der Waals surface area contributed by atoms with Crippen LogP contribution in [0.5, 0.6) is 5.75 Å². The first kappa shape index (κ1) is 14.4. The molecule has 1 aliphatic rings. The molecule has 0 aromatic heterocycles. The van der Waals surface area contributed by atoms with E-state index in [1.807, 2.05) is 12.1 Å². The molecule has 0 atom stereocenters. The molecule has 1 saturated carbocycles. The van der Waals surface area contributed by atoms with Crippen molar-refractivity contribution in [2.75, 3.05) is 20.2 Å². The van der Waals surface area contributed by atoms with E-state index >= 15 is 0 Å². The van der Waals surface area contributed by atoms with Crippen molar-refractivity contribution in [1.82, 2.24) is 5.32 Å². The maximum Gasteiger partial charge on any atom is 0.120 e. The van der Waals surface area contributed by atoms with Gasteiger partial charge in [-0.05, 0) is 56.5 Å². The first-order chi connectivity index (χ1) is 9.28. The van der Waals surface area contributed by atoms with E-state index in [1.54, 1.807) is 7.11 Å². The van der Waals surface area contributed by atoms with E-state index in [2.05, 4.69) is 24.4 Å². The largest absolute Gasteiger partial charge is 0.487 e. The lowest BCUT2D eigenvalue weighted by Gasteiger charge is -2.42. The highest BCUT2D eigenvalue weighted by molar-refractivity contribution is 5.29. The smallest absolute Gasteiger partial charge is 0.120 e. The second kappa shape index (κ2) is 6.92. The molecule has 19 heavy (non-hydrogen) atoms. The zero-order chi connectivity index (χ0) is 13.6. The summed E-state index contributed by atoms with van der Waals surface area (Å²) in [5.41, 5.74) is 1.23. The Morgan fingerprint density at radius 1 is 1.32 bits per heavy atom. The fourth-order valence-electron chi connectivity index (χ4n) is 2.58. The number of ether oxygens (including phenoxy) is 2. The molecule has 1 N–H and O–H groups in total. The summed E-state index contributed by atoms with van der Waals surface area (Å²) >= 11 is 0. The van der Waals surface area contributed by atoms with E-state index in [0.29, 0.717) is 6.61 Å². The third-order valence-electron chi connectivity index (χ3n) is 3.82. The zero-order valence-electron chi connectivity index (χ0n) is 12.1. The summed E-state index contributed by atoms with van der Waals surface area (Å²) in [6, 6.07) is 8.26. The average molecular weight is 263 g/mol. The highest BCUT2D eigenvalue weighted by Crippen LogP contribution is 2.39. The van der Waals surface area contributed by atoms with E-state index in [9.17, 15) is 0 Å². The number of rotatable bonds is 8. The third-order valence-corrected chi connectivity index (χ3v) is 3.82. The minimum Gasteiger partial charge on any atom is -0.487 e. The quantitative estimate of drug-likeness (QED) is 0.731. The Kier molecular flexibility index (Phi) is 5.23. The van der Waals surface area contributed by atoms with Gasteiger partial charge in [0.1, 0.15) is 11.4 Å². The van der Waals surface area contributed by atoms with Crippen LogP contribution < -0.4 is 10.1 Å². The van der Waals surface area contributed by atoms with Crippen LogP contribution in [0.2, 0.25) is 0 Å². The Labute approximate surface area is 116 Å². The first-order valence-corrected chi connectivity index (χ1v) is 7.25. The topological polar surface area (TPSA) is 30.5 Å². The Morgan fingerprint density at radius 2 is 2.16 bits per heavy atom. The van der Waals surface area contributed by atoms with Gasteiger partial charge in [-0.2, -0.15) is 0 Å². The molecule has 3 heteroatoms. The number of hydrogen-bond donors (Lipinski definition) is 1. The van der Waals surface area contributed by atoms with E-state index in [4.69, 9.17) is 9.47 Å². The minimum absolute atomic E-state index is 0.0634. The highest BCUT2D eigenvalue weighted by Gasteiger charge is 2.38. The van der Waals surface area contributed by atoms with Gasteiger partial charge in [-0.25, -0.2) is 0 Å². The van der Waals surface area contributed by atoms with Gasteiger partial charge in [0.15, 0.2) is 0 Å². The second-order valence-electron chi connectivity index (χ2n) is 5.32. The molecule has 3 nitrogen and oxygen atoms in total. The lowest BCUT2D eigenvalue weighted by molar-refractivity contribution is -0.0142. The monoisotopic (exact) mass is 263 g/mol. The van der Waals surface area contributed by atoms with Crippen LogP contribution in [0.4, 0.5) is 0 Å². The summed E-state index contributed by atoms with van der Waals surface area (Å²) in [7, 11) is 1.72. The van der Waals surface area contributed by atoms with E-state index in [-0.39, 0.29) is 5.60 Å². The summed E-state index contributed by atoms with van der Waals surface area (Å²) in [6.45, 7) is 4.85. The van der Waals surface area contributed by atoms with Crippen LogP contribution in [0, 0.1) is 0 Å². The van der Waals surface area contributed by atoms with Crippen molar-refractivity contribution in [2.24, 2.45) is 0 Å². The van der Waals surface area contributed by atoms with Gasteiger partial charge in [0.2, 0.25) is 0 Å². The van der Waals surface area contributed by atoms with Gasteiger partial charge in [-0.3, -0.25) is 0 Å². The van der Waals surface area contributed by atoms with Gasteiger partial charge in [-0.15, -0.1) is 0 Å². The Bertz CT molecular complexity index is 388. The molecule has 1 fully saturated rings. The first-order valence-electron chi connectivity index (χ1n) is 7.25. The molecule has 0 bridgehead atoms. The fourth-order valence-corrected chi connectivity index (χ4v) is 2.58. The standard InChI is InChI=1S/C16H25NO2/c1-3-17-11-10-16(8-5-9-16)19-15-7-4-6-14(12-15)13-18-2/h4,6-7,12,17H,3,5,8-11,13H2,1-2H3. The molecular weight excluding hydrogens is 238 g/mol. The van der Waals surface area contributed by atoms with Crippen molar-refractivity contribution in [1.29, 1.82) is 0 Å². The fraction of sp³-hybridized carbons (Fsp3) is 0.625. The molecule has 0 heterocycles. The van der Waals surface area contributed by atoms with Crippen molar-refractivity contribution in [2.45, 2.75) is 44.8 Å². The van der Waals surface area contributed by atoms with Crippen LogP contribution in [0.25, 0.3) is 0 Å². The van der Waals surface area contributed by atoms with Crippen molar-refractivity contribution in [3.8, 4) is 5.75 Å². The predicted octanol–water partition coefficient (Wildman–Crippen LogP) is 3.13. The SMILES string of the molecule is CCNCCC1(Oc2cccc(COC)c2)CCC1. The van der Waals surface area contributed by atoms with Crippen LogP contribution in [0.15, 0.2) is 24.3 Å². The van der Waals surface area contributed by atoms with E-state index < -0.39 is 0 Å². The molecule has 0 unspecified atom stereocenters. The second-order valence-corrected chi connectivity index (χ2v) is 5.32. The molecule has 0 amide bonds. The average Bonchev–Trinajstić information content (AvgIpc) is 2.37. The van der Waals surface area contributed by atoms with Gasteiger partial charge in [0.05, 0.1) is 6.61 Å². The highest BCUT2D eigenvalue weighted by atomic mass is 16.5. The number of methoxy groups -OCH3 is 1. The lowest BCUT2D eigenvalue weighted by atomic mass is 9.77. The Balaban J connectivity index is 1.95. The van der Waals surface area contributed by atoms with Gasteiger partial charge in [0.25, 0.3) is 0 Å². The molecule has 1 aliphatic carbocycles. The summed E-state index contributed by atoms with van der Waals surface area (Å²) in [6.07, 6.45) is 4.72. The molecule has 0 saturated heterocycles. The van der Waals surface area contributed by atoms with Crippen LogP contribution in [-0.2, 0) is 11.3 Å². The normalized spacial score (nSPS) is 16.9. The summed E-state index contributed by atoms with van der Waals surface area (Å²) in [5.74, 6) is 0.978. The third kappa shape index (κ3) is 3.95. The molecule has 0 radical (unpaired) electrons. The molecule has 0 spiro atoms. The maximum atomic E-state index is 6.28. The molecular formula is C16H25NO2. The van der Waals surface area contributed by atoms with E-state index in [0.717, 1.165) is 25.3 Å². The predicted molar refractivity (Wildman–Crippen MR) is 77.5 cm³/mol. The minimum atomic E-state index is 0.0634. The number of hydrogen-bond acceptors (Lipinski definition) is 3. The number of nitrogens with one attached hydrogen (secondary N) is 1. The van der Waals surface area contributed by atoms with Gasteiger partial charge in [0, 0.05) is 7.11 Å². The lowest BCUT2D eigenvalue weighted by Crippen LogP contribution is -2.45.